The Morgan fingerprint density at radius 3 is 3.00 bits per heavy atom. The number of fused-ring (bicyclic) bond motifs is 1. The second-order valence-corrected chi connectivity index (χ2v) is 5.91. The summed E-state index contributed by atoms with van der Waals surface area (Å²) in [5.41, 5.74) is 6.37. The molecular formula is C13H16BrFN2O2. The molecule has 2 N–H and O–H groups in total. The van der Waals surface area contributed by atoms with Gasteiger partial charge in [0.05, 0.1) is 4.47 Å². The lowest BCUT2D eigenvalue weighted by molar-refractivity contribution is 0.173. The molecule has 0 radical (unpaired) electrons. The summed E-state index contributed by atoms with van der Waals surface area (Å²) in [6, 6.07) is 1.43. The number of nitrogens with two attached hydrogens (primary N) is 1. The fraction of sp³-hybridized carbons (Fsp3) is 0.538. The van der Waals surface area contributed by atoms with Crippen molar-refractivity contribution < 1.29 is 13.9 Å². The smallest absolute Gasteiger partial charge is 0.231 e. The molecule has 4 nitrogen and oxygen atoms in total. The summed E-state index contributed by atoms with van der Waals surface area (Å²) in [4.78, 5) is 2.14. The number of hydrogen-bond acceptors (Lipinski definition) is 4. The molecule has 0 aromatic heterocycles. The molecule has 104 valence electrons. The van der Waals surface area contributed by atoms with Crippen LogP contribution in [-0.2, 0) is 0 Å². The second kappa shape index (κ2) is 4.92. The number of ether oxygens (including phenoxy) is 2. The molecule has 2 aliphatic heterocycles. The number of halogens is 2. The van der Waals surface area contributed by atoms with Crippen molar-refractivity contribution in [2.75, 3.05) is 26.9 Å². The lowest BCUT2D eigenvalue weighted by atomic mass is 9.99. The van der Waals surface area contributed by atoms with Crippen molar-refractivity contribution in [1.82, 2.24) is 4.90 Å². The molecule has 2 atom stereocenters. The van der Waals surface area contributed by atoms with E-state index in [4.69, 9.17) is 15.2 Å². The summed E-state index contributed by atoms with van der Waals surface area (Å²) in [5, 5.41) is 0. The maximum Gasteiger partial charge on any atom is 0.231 e. The number of rotatable bonds is 2. The third-order valence-corrected chi connectivity index (χ3v) is 4.68. The van der Waals surface area contributed by atoms with Gasteiger partial charge in [0.1, 0.15) is 5.82 Å². The van der Waals surface area contributed by atoms with E-state index in [1.54, 1.807) is 0 Å². The molecule has 1 saturated heterocycles. The standard InChI is InChI=1S/C13H16BrFN2O2/c1-17-5-7(4-16)2-9(17)11-8(15)3-10-13(12(11)14)19-6-18-10/h3,7,9H,2,4-6,16H2,1H3. The molecule has 1 aromatic carbocycles. The third kappa shape index (κ3) is 2.11. The predicted molar refractivity (Wildman–Crippen MR) is 72.8 cm³/mol. The van der Waals surface area contributed by atoms with Crippen LogP contribution in [0.5, 0.6) is 11.5 Å². The Balaban J connectivity index is 2.01. The fourth-order valence-electron chi connectivity index (χ4n) is 2.91. The Morgan fingerprint density at radius 1 is 1.53 bits per heavy atom. The van der Waals surface area contributed by atoms with E-state index in [9.17, 15) is 4.39 Å². The molecule has 3 rings (SSSR count). The van der Waals surface area contributed by atoms with Gasteiger partial charge in [0, 0.05) is 24.2 Å². The maximum atomic E-state index is 14.3. The molecule has 2 aliphatic rings. The van der Waals surface area contributed by atoms with Gasteiger partial charge in [-0.1, -0.05) is 0 Å². The molecule has 0 spiro atoms. The first-order valence-electron chi connectivity index (χ1n) is 6.29. The van der Waals surface area contributed by atoms with Gasteiger partial charge in [-0.2, -0.15) is 0 Å². The average molecular weight is 331 g/mol. The van der Waals surface area contributed by atoms with Gasteiger partial charge >= 0.3 is 0 Å². The largest absolute Gasteiger partial charge is 0.453 e. The van der Waals surface area contributed by atoms with Crippen molar-refractivity contribution in [2.45, 2.75) is 12.5 Å². The highest BCUT2D eigenvalue weighted by molar-refractivity contribution is 9.10. The van der Waals surface area contributed by atoms with Crippen LogP contribution in [0.3, 0.4) is 0 Å². The van der Waals surface area contributed by atoms with Crippen molar-refractivity contribution in [3.8, 4) is 11.5 Å². The van der Waals surface area contributed by atoms with Gasteiger partial charge in [0.15, 0.2) is 11.5 Å². The highest BCUT2D eigenvalue weighted by Crippen LogP contribution is 2.47. The lowest BCUT2D eigenvalue weighted by Crippen LogP contribution is -2.21. The maximum absolute atomic E-state index is 14.3. The molecule has 1 fully saturated rings. The SMILES string of the molecule is CN1CC(CN)CC1c1c(F)cc2c(c1Br)OCO2. The molecule has 0 amide bonds. The minimum absolute atomic E-state index is 0.0254. The molecule has 0 bridgehead atoms. The van der Waals surface area contributed by atoms with Crippen LogP contribution in [0.15, 0.2) is 10.5 Å². The summed E-state index contributed by atoms with van der Waals surface area (Å²) in [6.07, 6.45) is 0.863. The Labute approximate surface area is 119 Å². The highest BCUT2D eigenvalue weighted by Gasteiger charge is 2.35. The monoisotopic (exact) mass is 330 g/mol. The molecule has 0 aliphatic carbocycles. The van der Waals surface area contributed by atoms with Crippen molar-refractivity contribution in [3.05, 3.63) is 21.9 Å². The highest BCUT2D eigenvalue weighted by atomic mass is 79.9. The van der Waals surface area contributed by atoms with Crippen LogP contribution in [0.1, 0.15) is 18.0 Å². The van der Waals surface area contributed by atoms with E-state index in [0.717, 1.165) is 13.0 Å². The van der Waals surface area contributed by atoms with Crippen LogP contribution in [0.4, 0.5) is 4.39 Å². The topological polar surface area (TPSA) is 47.7 Å². The van der Waals surface area contributed by atoms with Crippen LogP contribution < -0.4 is 15.2 Å². The van der Waals surface area contributed by atoms with Gasteiger partial charge in [0.2, 0.25) is 6.79 Å². The molecule has 2 heterocycles. The van der Waals surface area contributed by atoms with Gasteiger partial charge in [-0.3, -0.25) is 4.90 Å². The summed E-state index contributed by atoms with van der Waals surface area (Å²) in [7, 11) is 2.00. The summed E-state index contributed by atoms with van der Waals surface area (Å²) < 4.78 is 25.6. The average Bonchev–Trinajstić information content (AvgIpc) is 2.96. The molecule has 1 aromatic rings. The fourth-order valence-corrected chi connectivity index (χ4v) is 3.67. The van der Waals surface area contributed by atoms with Crippen LogP contribution in [0.2, 0.25) is 0 Å². The summed E-state index contributed by atoms with van der Waals surface area (Å²) in [6.45, 7) is 1.66. The number of hydrogen-bond donors (Lipinski definition) is 1. The Bertz CT molecular complexity index is 512. The van der Waals surface area contributed by atoms with Gasteiger partial charge in [-0.25, -0.2) is 4.39 Å². The van der Waals surface area contributed by atoms with E-state index in [2.05, 4.69) is 20.8 Å². The van der Waals surface area contributed by atoms with Gasteiger partial charge in [0.25, 0.3) is 0 Å². The van der Waals surface area contributed by atoms with E-state index < -0.39 is 0 Å². The number of nitrogens with zero attached hydrogens (tertiary/aromatic N) is 1. The van der Waals surface area contributed by atoms with Gasteiger partial charge < -0.3 is 15.2 Å². The third-order valence-electron chi connectivity index (χ3n) is 3.89. The minimum atomic E-state index is -0.259. The Morgan fingerprint density at radius 2 is 2.32 bits per heavy atom. The first-order valence-corrected chi connectivity index (χ1v) is 7.09. The zero-order valence-electron chi connectivity index (χ0n) is 10.7. The van der Waals surface area contributed by atoms with Crippen molar-refractivity contribution in [2.24, 2.45) is 11.7 Å². The number of benzene rings is 1. The minimum Gasteiger partial charge on any atom is -0.453 e. The van der Waals surface area contributed by atoms with Crippen molar-refractivity contribution in [3.63, 3.8) is 0 Å². The zero-order valence-corrected chi connectivity index (χ0v) is 12.2. The van der Waals surface area contributed by atoms with Crippen LogP contribution in [0.25, 0.3) is 0 Å². The van der Waals surface area contributed by atoms with E-state index in [1.807, 2.05) is 7.05 Å². The van der Waals surface area contributed by atoms with E-state index >= 15 is 0 Å². The number of likely N-dealkylation sites (tertiary alicyclic amines) is 1. The first kappa shape index (κ1) is 13.1. The first-order chi connectivity index (χ1) is 9.11. The quantitative estimate of drug-likeness (QED) is 0.903. The molecule has 6 heteroatoms. The van der Waals surface area contributed by atoms with E-state index in [0.29, 0.717) is 34.0 Å². The molecule has 2 unspecified atom stereocenters. The summed E-state index contributed by atoms with van der Waals surface area (Å²) in [5.74, 6) is 1.21. The molecule has 19 heavy (non-hydrogen) atoms. The lowest BCUT2D eigenvalue weighted by Gasteiger charge is -2.22. The van der Waals surface area contributed by atoms with Crippen molar-refractivity contribution in [1.29, 1.82) is 0 Å². The van der Waals surface area contributed by atoms with E-state index in [-0.39, 0.29) is 18.7 Å². The van der Waals surface area contributed by atoms with E-state index in [1.165, 1.54) is 6.07 Å². The Kier molecular flexibility index (Phi) is 3.41. The van der Waals surface area contributed by atoms with Crippen molar-refractivity contribution >= 4 is 15.9 Å². The molecular weight excluding hydrogens is 315 g/mol. The summed E-state index contributed by atoms with van der Waals surface area (Å²) >= 11 is 3.46. The van der Waals surface area contributed by atoms with Crippen LogP contribution in [0, 0.1) is 11.7 Å². The van der Waals surface area contributed by atoms with Gasteiger partial charge in [-0.05, 0) is 41.9 Å². The van der Waals surface area contributed by atoms with Gasteiger partial charge in [-0.15, -0.1) is 0 Å². The Hall–Kier alpha value is -0.850. The normalized spacial score (nSPS) is 26.1. The molecule has 0 saturated carbocycles. The van der Waals surface area contributed by atoms with Crippen LogP contribution >= 0.6 is 15.9 Å². The predicted octanol–water partition coefficient (Wildman–Crippen LogP) is 2.27. The second-order valence-electron chi connectivity index (χ2n) is 5.11. The zero-order chi connectivity index (χ0) is 13.6. The van der Waals surface area contributed by atoms with Crippen LogP contribution in [-0.4, -0.2) is 31.8 Å².